The first-order valence-corrected chi connectivity index (χ1v) is 6.14. The summed E-state index contributed by atoms with van der Waals surface area (Å²) in [5.41, 5.74) is 0. The van der Waals surface area contributed by atoms with Gasteiger partial charge in [0.25, 0.3) is 0 Å². The second kappa shape index (κ2) is 4.19. The van der Waals surface area contributed by atoms with E-state index in [0.29, 0.717) is 0 Å². The van der Waals surface area contributed by atoms with E-state index in [4.69, 9.17) is 0 Å². The highest BCUT2D eigenvalue weighted by atomic mass is 15.2. The first kappa shape index (κ1) is 10.4. The molecule has 0 radical (unpaired) electrons. The van der Waals surface area contributed by atoms with Crippen molar-refractivity contribution in [1.82, 2.24) is 10.2 Å². The first-order chi connectivity index (χ1) is 6.66. The van der Waals surface area contributed by atoms with Crippen molar-refractivity contribution >= 4 is 0 Å². The molecule has 0 aliphatic carbocycles. The zero-order valence-electron chi connectivity index (χ0n) is 9.79. The molecular weight excluding hydrogens is 172 g/mol. The molecule has 4 unspecified atom stereocenters. The normalized spacial score (nSPS) is 45.6. The Morgan fingerprint density at radius 2 is 1.71 bits per heavy atom. The van der Waals surface area contributed by atoms with Gasteiger partial charge in [-0.2, -0.15) is 0 Å². The lowest BCUT2D eigenvalue weighted by atomic mass is 9.99. The van der Waals surface area contributed by atoms with Gasteiger partial charge in [0.1, 0.15) is 0 Å². The van der Waals surface area contributed by atoms with Crippen molar-refractivity contribution < 1.29 is 0 Å². The summed E-state index contributed by atoms with van der Waals surface area (Å²) in [6, 6.07) is 1.58. The summed E-state index contributed by atoms with van der Waals surface area (Å²) in [4.78, 5) is 2.73. The Labute approximate surface area is 88.1 Å². The maximum Gasteiger partial charge on any atom is 0.0122 e. The third kappa shape index (κ3) is 2.12. The Morgan fingerprint density at radius 3 is 2.29 bits per heavy atom. The summed E-state index contributed by atoms with van der Waals surface area (Å²) >= 11 is 0. The van der Waals surface area contributed by atoms with Gasteiger partial charge in [-0.1, -0.05) is 13.8 Å². The lowest BCUT2D eigenvalue weighted by Crippen LogP contribution is -2.46. The van der Waals surface area contributed by atoms with E-state index in [0.717, 1.165) is 23.9 Å². The molecule has 0 saturated carbocycles. The Kier molecular flexibility index (Phi) is 3.13. The van der Waals surface area contributed by atoms with Crippen LogP contribution in [0.25, 0.3) is 0 Å². The van der Waals surface area contributed by atoms with Gasteiger partial charge in [-0.25, -0.2) is 0 Å². The average Bonchev–Trinajstić information content (AvgIpc) is 2.47. The molecule has 0 aromatic rings. The summed E-state index contributed by atoms with van der Waals surface area (Å²) in [5, 5.41) is 3.53. The Morgan fingerprint density at radius 1 is 1.07 bits per heavy atom. The monoisotopic (exact) mass is 196 g/mol. The van der Waals surface area contributed by atoms with E-state index in [1.807, 2.05) is 0 Å². The molecule has 2 nitrogen and oxygen atoms in total. The van der Waals surface area contributed by atoms with Crippen LogP contribution in [0.5, 0.6) is 0 Å². The lowest BCUT2D eigenvalue weighted by molar-refractivity contribution is 0.172. The molecule has 2 rings (SSSR count). The number of piperidine rings is 1. The topological polar surface area (TPSA) is 15.3 Å². The SMILES string of the molecule is CC1CC(N2CC(C)C(C)C2)CCN1. The van der Waals surface area contributed by atoms with Crippen LogP contribution in [0.15, 0.2) is 0 Å². The zero-order chi connectivity index (χ0) is 10.1. The van der Waals surface area contributed by atoms with E-state index >= 15 is 0 Å². The molecular formula is C12H24N2. The van der Waals surface area contributed by atoms with Gasteiger partial charge in [0.2, 0.25) is 0 Å². The summed E-state index contributed by atoms with van der Waals surface area (Å²) in [7, 11) is 0. The minimum absolute atomic E-state index is 0.722. The van der Waals surface area contributed by atoms with Crippen LogP contribution in [0.1, 0.15) is 33.6 Å². The number of rotatable bonds is 1. The van der Waals surface area contributed by atoms with Crippen molar-refractivity contribution in [3.63, 3.8) is 0 Å². The molecule has 0 aromatic heterocycles. The van der Waals surface area contributed by atoms with Crippen molar-refractivity contribution in [3.05, 3.63) is 0 Å². The first-order valence-electron chi connectivity index (χ1n) is 6.14. The number of hydrogen-bond donors (Lipinski definition) is 1. The van der Waals surface area contributed by atoms with Crippen LogP contribution in [0.2, 0.25) is 0 Å². The molecule has 0 spiro atoms. The van der Waals surface area contributed by atoms with Gasteiger partial charge in [0, 0.05) is 25.2 Å². The summed E-state index contributed by atoms with van der Waals surface area (Å²) < 4.78 is 0. The van der Waals surface area contributed by atoms with Crippen LogP contribution in [0, 0.1) is 11.8 Å². The van der Waals surface area contributed by atoms with Gasteiger partial charge in [-0.15, -0.1) is 0 Å². The molecule has 2 aliphatic heterocycles. The standard InChI is InChI=1S/C12H24N2/c1-9-7-14(8-10(9)2)12-4-5-13-11(3)6-12/h9-13H,4-8H2,1-3H3. The van der Waals surface area contributed by atoms with Gasteiger partial charge < -0.3 is 5.32 Å². The molecule has 2 aliphatic rings. The van der Waals surface area contributed by atoms with Crippen LogP contribution in [-0.4, -0.2) is 36.6 Å². The lowest BCUT2D eigenvalue weighted by Gasteiger charge is -2.34. The highest BCUT2D eigenvalue weighted by molar-refractivity contribution is 4.88. The van der Waals surface area contributed by atoms with Crippen LogP contribution in [-0.2, 0) is 0 Å². The fraction of sp³-hybridized carbons (Fsp3) is 1.00. The Bertz CT molecular complexity index is 180. The largest absolute Gasteiger partial charge is 0.314 e. The molecule has 14 heavy (non-hydrogen) atoms. The van der Waals surface area contributed by atoms with Gasteiger partial charge in [0.15, 0.2) is 0 Å². The number of nitrogens with zero attached hydrogens (tertiary/aromatic N) is 1. The molecule has 2 heteroatoms. The summed E-state index contributed by atoms with van der Waals surface area (Å²) in [5.74, 6) is 1.81. The van der Waals surface area contributed by atoms with E-state index in [1.54, 1.807) is 0 Å². The predicted octanol–water partition coefficient (Wildman–Crippen LogP) is 1.71. The van der Waals surface area contributed by atoms with Crippen LogP contribution in [0.3, 0.4) is 0 Å². The summed E-state index contributed by atoms with van der Waals surface area (Å²) in [6.07, 6.45) is 2.70. The van der Waals surface area contributed by atoms with Gasteiger partial charge in [-0.05, 0) is 38.1 Å². The maximum atomic E-state index is 3.53. The molecule has 0 aromatic carbocycles. The quantitative estimate of drug-likeness (QED) is 0.687. The third-order valence-electron chi connectivity index (χ3n) is 4.13. The Balaban J connectivity index is 1.89. The smallest absolute Gasteiger partial charge is 0.0122 e. The van der Waals surface area contributed by atoms with Crippen molar-refractivity contribution in [2.75, 3.05) is 19.6 Å². The van der Waals surface area contributed by atoms with Gasteiger partial charge in [0.05, 0.1) is 0 Å². The van der Waals surface area contributed by atoms with Crippen molar-refractivity contribution in [1.29, 1.82) is 0 Å². The molecule has 2 fully saturated rings. The predicted molar refractivity (Wildman–Crippen MR) is 60.4 cm³/mol. The highest BCUT2D eigenvalue weighted by Gasteiger charge is 2.32. The minimum atomic E-state index is 0.722. The van der Waals surface area contributed by atoms with Crippen LogP contribution in [0.4, 0.5) is 0 Å². The van der Waals surface area contributed by atoms with Crippen LogP contribution < -0.4 is 5.32 Å². The fourth-order valence-corrected chi connectivity index (χ4v) is 2.91. The van der Waals surface area contributed by atoms with E-state index in [9.17, 15) is 0 Å². The maximum absolute atomic E-state index is 3.53. The van der Waals surface area contributed by atoms with Gasteiger partial charge >= 0.3 is 0 Å². The van der Waals surface area contributed by atoms with Crippen LogP contribution >= 0.6 is 0 Å². The summed E-state index contributed by atoms with van der Waals surface area (Å²) in [6.45, 7) is 11.0. The molecule has 82 valence electrons. The number of likely N-dealkylation sites (tertiary alicyclic amines) is 1. The van der Waals surface area contributed by atoms with Gasteiger partial charge in [-0.3, -0.25) is 4.90 Å². The number of hydrogen-bond acceptors (Lipinski definition) is 2. The second-order valence-corrected chi connectivity index (χ2v) is 5.44. The minimum Gasteiger partial charge on any atom is -0.314 e. The zero-order valence-corrected chi connectivity index (χ0v) is 9.79. The number of nitrogens with one attached hydrogen (secondary N) is 1. The molecule has 0 amide bonds. The average molecular weight is 196 g/mol. The van der Waals surface area contributed by atoms with Crippen molar-refractivity contribution in [3.8, 4) is 0 Å². The Hall–Kier alpha value is -0.0800. The third-order valence-corrected chi connectivity index (χ3v) is 4.13. The fourth-order valence-electron chi connectivity index (χ4n) is 2.91. The van der Waals surface area contributed by atoms with E-state index < -0.39 is 0 Å². The molecule has 0 bridgehead atoms. The van der Waals surface area contributed by atoms with E-state index in [2.05, 4.69) is 31.0 Å². The second-order valence-electron chi connectivity index (χ2n) is 5.44. The molecule has 4 atom stereocenters. The van der Waals surface area contributed by atoms with Crippen molar-refractivity contribution in [2.24, 2.45) is 11.8 Å². The van der Waals surface area contributed by atoms with E-state index in [1.165, 1.54) is 32.5 Å². The molecule has 2 saturated heterocycles. The molecule has 2 heterocycles. The van der Waals surface area contributed by atoms with E-state index in [-0.39, 0.29) is 0 Å². The molecule has 1 N–H and O–H groups in total. The van der Waals surface area contributed by atoms with Crippen molar-refractivity contribution in [2.45, 2.75) is 45.7 Å². The highest BCUT2D eigenvalue weighted by Crippen LogP contribution is 2.27.